The molecule has 0 aliphatic carbocycles. The summed E-state index contributed by atoms with van der Waals surface area (Å²) in [5.41, 5.74) is 0. The molecule has 92 valence electrons. The largest absolute Gasteiger partial charge is 0.334 e. The van der Waals surface area contributed by atoms with Gasteiger partial charge in [-0.15, -0.1) is 0 Å². The molecule has 1 rings (SSSR count). The van der Waals surface area contributed by atoms with Gasteiger partial charge in [0, 0.05) is 18.9 Å². The number of imidazole rings is 1. The predicted molar refractivity (Wildman–Crippen MR) is 68.3 cm³/mol. The highest BCUT2D eigenvalue weighted by Crippen LogP contribution is 2.05. The first-order valence-electron chi connectivity index (χ1n) is 6.44. The van der Waals surface area contributed by atoms with Crippen molar-refractivity contribution in [3.8, 4) is 0 Å². The Labute approximate surface area is 99.3 Å². The fraction of sp³-hybridized carbons (Fsp3) is 0.769. The lowest BCUT2D eigenvalue weighted by molar-refractivity contribution is 0.514. The number of unbranched alkanes of at least 4 members (excludes halogenated alkanes) is 1. The Balaban J connectivity index is 2.07. The van der Waals surface area contributed by atoms with Crippen LogP contribution in [0.15, 0.2) is 12.4 Å². The average Bonchev–Trinajstić information content (AvgIpc) is 2.70. The van der Waals surface area contributed by atoms with Crippen LogP contribution in [0.25, 0.3) is 0 Å². The Morgan fingerprint density at radius 1 is 1.38 bits per heavy atom. The van der Waals surface area contributed by atoms with Crippen LogP contribution >= 0.6 is 0 Å². The van der Waals surface area contributed by atoms with Gasteiger partial charge in [0.25, 0.3) is 0 Å². The summed E-state index contributed by atoms with van der Waals surface area (Å²) < 4.78 is 2.18. The second kappa shape index (κ2) is 7.44. The molecule has 0 saturated carbocycles. The monoisotopic (exact) mass is 223 g/mol. The van der Waals surface area contributed by atoms with Crippen LogP contribution in [0.5, 0.6) is 0 Å². The molecule has 0 unspecified atom stereocenters. The Kier molecular flexibility index (Phi) is 6.16. The van der Waals surface area contributed by atoms with E-state index in [9.17, 15) is 0 Å². The van der Waals surface area contributed by atoms with Crippen LogP contribution in [-0.4, -0.2) is 16.1 Å². The fourth-order valence-electron chi connectivity index (χ4n) is 1.80. The summed E-state index contributed by atoms with van der Waals surface area (Å²) in [5.74, 6) is 1.98. The number of nitrogens with one attached hydrogen (secondary N) is 1. The molecule has 0 bridgehead atoms. The maximum absolute atomic E-state index is 4.33. The van der Waals surface area contributed by atoms with Crippen molar-refractivity contribution in [2.24, 2.45) is 5.92 Å². The summed E-state index contributed by atoms with van der Waals surface area (Å²) in [5, 5.41) is 3.45. The second-order valence-corrected chi connectivity index (χ2v) is 4.70. The zero-order valence-corrected chi connectivity index (χ0v) is 10.9. The van der Waals surface area contributed by atoms with E-state index in [-0.39, 0.29) is 0 Å². The molecule has 0 fully saturated rings. The lowest BCUT2D eigenvalue weighted by atomic mass is 10.1. The first kappa shape index (κ1) is 13.2. The van der Waals surface area contributed by atoms with Gasteiger partial charge in [0.05, 0.1) is 6.54 Å². The predicted octanol–water partition coefficient (Wildman–Crippen LogP) is 2.82. The summed E-state index contributed by atoms with van der Waals surface area (Å²) >= 11 is 0. The summed E-state index contributed by atoms with van der Waals surface area (Å²) in [6.45, 7) is 9.71. The molecular formula is C13H25N3. The molecule has 0 aromatic carbocycles. The molecule has 0 radical (unpaired) electrons. The van der Waals surface area contributed by atoms with Crippen LogP contribution < -0.4 is 5.32 Å². The van der Waals surface area contributed by atoms with Crippen LogP contribution in [0, 0.1) is 5.92 Å². The lowest BCUT2D eigenvalue weighted by Gasteiger charge is -2.07. The third-order valence-corrected chi connectivity index (χ3v) is 2.81. The van der Waals surface area contributed by atoms with Gasteiger partial charge in [-0.3, -0.25) is 0 Å². The fourth-order valence-corrected chi connectivity index (χ4v) is 1.80. The van der Waals surface area contributed by atoms with Gasteiger partial charge in [0.1, 0.15) is 5.82 Å². The molecule has 3 heteroatoms. The van der Waals surface area contributed by atoms with Gasteiger partial charge in [0.15, 0.2) is 0 Å². The van der Waals surface area contributed by atoms with Crippen molar-refractivity contribution in [2.75, 3.05) is 6.54 Å². The standard InChI is InChI=1S/C13H25N3/c1-4-16-10-9-15-13(16)11-14-8-6-5-7-12(2)3/h9-10,12,14H,4-8,11H2,1-3H3. The van der Waals surface area contributed by atoms with Gasteiger partial charge in [-0.2, -0.15) is 0 Å². The third-order valence-electron chi connectivity index (χ3n) is 2.81. The molecule has 1 heterocycles. The number of rotatable bonds is 8. The van der Waals surface area contributed by atoms with Crippen LogP contribution in [0.4, 0.5) is 0 Å². The van der Waals surface area contributed by atoms with Gasteiger partial charge >= 0.3 is 0 Å². The van der Waals surface area contributed by atoms with Crippen LogP contribution in [0.1, 0.15) is 45.9 Å². The van der Waals surface area contributed by atoms with Crippen molar-refractivity contribution in [1.82, 2.24) is 14.9 Å². The SMILES string of the molecule is CCn1ccnc1CNCCCCC(C)C. The smallest absolute Gasteiger partial charge is 0.122 e. The van der Waals surface area contributed by atoms with Crippen molar-refractivity contribution >= 4 is 0 Å². The van der Waals surface area contributed by atoms with E-state index >= 15 is 0 Å². The molecule has 1 aromatic rings. The number of aromatic nitrogens is 2. The Morgan fingerprint density at radius 3 is 2.88 bits per heavy atom. The summed E-state index contributed by atoms with van der Waals surface area (Å²) in [6.07, 6.45) is 7.85. The normalized spacial score (nSPS) is 11.2. The van der Waals surface area contributed by atoms with Crippen LogP contribution in [0.3, 0.4) is 0 Å². The first-order chi connectivity index (χ1) is 7.74. The number of aryl methyl sites for hydroxylation is 1. The molecule has 16 heavy (non-hydrogen) atoms. The number of hydrogen-bond donors (Lipinski definition) is 1. The lowest BCUT2D eigenvalue weighted by Crippen LogP contribution is -2.18. The zero-order chi connectivity index (χ0) is 11.8. The second-order valence-electron chi connectivity index (χ2n) is 4.70. The van der Waals surface area contributed by atoms with E-state index < -0.39 is 0 Å². The molecule has 1 N–H and O–H groups in total. The molecule has 0 amide bonds. The maximum atomic E-state index is 4.33. The Hall–Kier alpha value is -0.830. The molecule has 1 aromatic heterocycles. The molecule has 0 atom stereocenters. The van der Waals surface area contributed by atoms with E-state index in [0.717, 1.165) is 31.4 Å². The molecule has 0 saturated heterocycles. The minimum absolute atomic E-state index is 0.832. The highest BCUT2D eigenvalue weighted by Gasteiger charge is 1.99. The van der Waals surface area contributed by atoms with Crippen molar-refractivity contribution < 1.29 is 0 Å². The van der Waals surface area contributed by atoms with Crippen molar-refractivity contribution in [2.45, 2.75) is 53.1 Å². The van der Waals surface area contributed by atoms with Gasteiger partial charge in [-0.25, -0.2) is 4.98 Å². The Morgan fingerprint density at radius 2 is 2.19 bits per heavy atom. The van der Waals surface area contributed by atoms with Crippen LogP contribution in [0.2, 0.25) is 0 Å². The van der Waals surface area contributed by atoms with E-state index in [0.29, 0.717) is 0 Å². The quantitative estimate of drug-likeness (QED) is 0.687. The molecule has 0 aliphatic heterocycles. The Bertz CT molecular complexity index is 278. The molecular weight excluding hydrogens is 198 g/mol. The minimum atomic E-state index is 0.832. The minimum Gasteiger partial charge on any atom is -0.334 e. The van der Waals surface area contributed by atoms with E-state index in [2.05, 4.69) is 35.6 Å². The van der Waals surface area contributed by atoms with Gasteiger partial charge in [0.2, 0.25) is 0 Å². The maximum Gasteiger partial charge on any atom is 0.122 e. The highest BCUT2D eigenvalue weighted by atomic mass is 15.1. The molecule has 0 spiro atoms. The van der Waals surface area contributed by atoms with Gasteiger partial charge in [-0.05, 0) is 25.8 Å². The van der Waals surface area contributed by atoms with Gasteiger partial charge < -0.3 is 9.88 Å². The van der Waals surface area contributed by atoms with Crippen molar-refractivity contribution in [3.63, 3.8) is 0 Å². The summed E-state index contributed by atoms with van der Waals surface area (Å²) in [6, 6.07) is 0. The number of nitrogens with zero attached hydrogens (tertiary/aromatic N) is 2. The summed E-state index contributed by atoms with van der Waals surface area (Å²) in [7, 11) is 0. The highest BCUT2D eigenvalue weighted by molar-refractivity contribution is 4.91. The zero-order valence-electron chi connectivity index (χ0n) is 10.9. The first-order valence-corrected chi connectivity index (χ1v) is 6.44. The number of hydrogen-bond acceptors (Lipinski definition) is 2. The van der Waals surface area contributed by atoms with Crippen molar-refractivity contribution in [3.05, 3.63) is 18.2 Å². The van der Waals surface area contributed by atoms with E-state index in [1.807, 2.05) is 12.4 Å². The van der Waals surface area contributed by atoms with Crippen LogP contribution in [-0.2, 0) is 13.1 Å². The third kappa shape index (κ3) is 4.79. The van der Waals surface area contributed by atoms with Gasteiger partial charge in [-0.1, -0.05) is 26.7 Å². The molecule has 3 nitrogen and oxygen atoms in total. The topological polar surface area (TPSA) is 29.9 Å². The average molecular weight is 223 g/mol. The van der Waals surface area contributed by atoms with Crippen molar-refractivity contribution in [1.29, 1.82) is 0 Å². The van der Waals surface area contributed by atoms with E-state index in [1.165, 1.54) is 19.3 Å². The molecule has 0 aliphatic rings. The van der Waals surface area contributed by atoms with E-state index in [4.69, 9.17) is 0 Å². The summed E-state index contributed by atoms with van der Waals surface area (Å²) in [4.78, 5) is 4.33. The van der Waals surface area contributed by atoms with E-state index in [1.54, 1.807) is 0 Å².